The Bertz CT molecular complexity index is 259. The third-order valence-corrected chi connectivity index (χ3v) is 2.60. The predicted molar refractivity (Wildman–Crippen MR) is 80.3 cm³/mol. The molecule has 0 radical (unpaired) electrons. The fourth-order valence-electron chi connectivity index (χ4n) is 1.57. The second-order valence-corrected chi connectivity index (χ2v) is 4.75. The molecule has 3 nitrogen and oxygen atoms in total. The van der Waals surface area contributed by atoms with Crippen LogP contribution in [-0.2, 0) is 14.2 Å². The van der Waals surface area contributed by atoms with E-state index in [4.69, 9.17) is 14.2 Å². The van der Waals surface area contributed by atoms with Crippen LogP contribution in [0.25, 0.3) is 0 Å². The molecule has 0 bridgehead atoms. The molecule has 0 aromatic carbocycles. The molecule has 0 N–H and O–H groups in total. The Morgan fingerprint density at radius 2 is 1.63 bits per heavy atom. The van der Waals surface area contributed by atoms with Crippen molar-refractivity contribution in [3.8, 4) is 0 Å². The molecular weight excluding hydrogens is 240 g/mol. The molecule has 0 fully saturated rings. The van der Waals surface area contributed by atoms with Crippen LogP contribution in [0.2, 0.25) is 0 Å². The maximum absolute atomic E-state index is 5.56. The van der Waals surface area contributed by atoms with E-state index in [2.05, 4.69) is 32.9 Å². The SMILES string of the molecule is CCOC(COC/C=C(\C)CCC=C(C)C)OCC. The van der Waals surface area contributed by atoms with E-state index in [1.807, 2.05) is 13.8 Å². The molecule has 0 aliphatic heterocycles. The fraction of sp³-hybridized carbons (Fsp3) is 0.750. The number of hydrogen-bond acceptors (Lipinski definition) is 3. The highest BCUT2D eigenvalue weighted by Gasteiger charge is 2.06. The minimum Gasteiger partial charge on any atom is -0.372 e. The van der Waals surface area contributed by atoms with Crippen LogP contribution in [-0.4, -0.2) is 32.7 Å². The molecule has 19 heavy (non-hydrogen) atoms. The summed E-state index contributed by atoms with van der Waals surface area (Å²) in [6.07, 6.45) is 6.35. The van der Waals surface area contributed by atoms with Gasteiger partial charge in [-0.3, -0.25) is 0 Å². The van der Waals surface area contributed by atoms with Crippen LogP contribution in [0.15, 0.2) is 23.3 Å². The summed E-state index contributed by atoms with van der Waals surface area (Å²) in [7, 11) is 0. The van der Waals surface area contributed by atoms with Crippen LogP contribution in [0, 0.1) is 0 Å². The topological polar surface area (TPSA) is 27.7 Å². The van der Waals surface area contributed by atoms with Crippen LogP contribution in [0.3, 0.4) is 0 Å². The highest BCUT2D eigenvalue weighted by Crippen LogP contribution is 2.06. The Balaban J connectivity index is 3.77. The van der Waals surface area contributed by atoms with Gasteiger partial charge in [-0.25, -0.2) is 0 Å². The van der Waals surface area contributed by atoms with Gasteiger partial charge in [0.2, 0.25) is 0 Å². The molecule has 0 saturated heterocycles. The van der Waals surface area contributed by atoms with E-state index in [1.165, 1.54) is 11.1 Å². The molecule has 0 aliphatic carbocycles. The van der Waals surface area contributed by atoms with Gasteiger partial charge in [0.1, 0.15) is 0 Å². The van der Waals surface area contributed by atoms with Gasteiger partial charge in [-0.05, 0) is 47.5 Å². The first-order valence-corrected chi connectivity index (χ1v) is 7.20. The van der Waals surface area contributed by atoms with Crippen molar-refractivity contribution in [3.05, 3.63) is 23.3 Å². The van der Waals surface area contributed by atoms with E-state index in [1.54, 1.807) is 0 Å². The third-order valence-electron chi connectivity index (χ3n) is 2.60. The number of hydrogen-bond donors (Lipinski definition) is 0. The van der Waals surface area contributed by atoms with E-state index in [-0.39, 0.29) is 6.29 Å². The average Bonchev–Trinajstić information content (AvgIpc) is 2.34. The van der Waals surface area contributed by atoms with E-state index >= 15 is 0 Å². The maximum Gasteiger partial charge on any atom is 0.180 e. The van der Waals surface area contributed by atoms with E-state index in [0.29, 0.717) is 26.4 Å². The Labute approximate surface area is 118 Å². The van der Waals surface area contributed by atoms with Crippen molar-refractivity contribution in [3.63, 3.8) is 0 Å². The second-order valence-electron chi connectivity index (χ2n) is 4.75. The number of rotatable bonds is 11. The second kappa shape index (κ2) is 12.4. The fourth-order valence-corrected chi connectivity index (χ4v) is 1.57. The lowest BCUT2D eigenvalue weighted by Crippen LogP contribution is -2.23. The van der Waals surface area contributed by atoms with Gasteiger partial charge < -0.3 is 14.2 Å². The molecule has 112 valence electrons. The van der Waals surface area contributed by atoms with Crippen LogP contribution >= 0.6 is 0 Å². The van der Waals surface area contributed by atoms with Crippen LogP contribution < -0.4 is 0 Å². The summed E-state index contributed by atoms with van der Waals surface area (Å²) >= 11 is 0. The molecular formula is C16H30O3. The molecule has 0 heterocycles. The van der Waals surface area contributed by atoms with Gasteiger partial charge in [-0.15, -0.1) is 0 Å². The van der Waals surface area contributed by atoms with Crippen LogP contribution in [0.4, 0.5) is 0 Å². The van der Waals surface area contributed by atoms with Gasteiger partial charge in [-0.1, -0.05) is 23.3 Å². The molecule has 0 unspecified atom stereocenters. The van der Waals surface area contributed by atoms with E-state index in [0.717, 1.165) is 12.8 Å². The quantitative estimate of drug-likeness (QED) is 0.321. The lowest BCUT2D eigenvalue weighted by molar-refractivity contribution is -0.165. The first-order chi connectivity index (χ1) is 9.10. The number of ether oxygens (including phenoxy) is 3. The summed E-state index contributed by atoms with van der Waals surface area (Å²) in [6, 6.07) is 0. The van der Waals surface area contributed by atoms with E-state index in [9.17, 15) is 0 Å². The average molecular weight is 270 g/mol. The molecule has 3 heteroatoms. The Hall–Kier alpha value is -0.640. The first kappa shape index (κ1) is 18.4. The summed E-state index contributed by atoms with van der Waals surface area (Å²) in [6.45, 7) is 12.7. The monoisotopic (exact) mass is 270 g/mol. The summed E-state index contributed by atoms with van der Waals surface area (Å²) in [5.41, 5.74) is 2.74. The summed E-state index contributed by atoms with van der Waals surface area (Å²) in [5, 5.41) is 0. The molecule has 0 amide bonds. The van der Waals surface area contributed by atoms with E-state index < -0.39 is 0 Å². The largest absolute Gasteiger partial charge is 0.372 e. The Morgan fingerprint density at radius 3 is 2.16 bits per heavy atom. The Kier molecular flexibility index (Phi) is 12.0. The lowest BCUT2D eigenvalue weighted by Gasteiger charge is -2.16. The standard InChI is InChI=1S/C16H30O3/c1-6-18-16(19-7-2)13-17-12-11-15(5)10-8-9-14(3)4/h9,11,16H,6-8,10,12-13H2,1-5H3/b15-11+. The van der Waals surface area contributed by atoms with Crippen molar-refractivity contribution in [2.24, 2.45) is 0 Å². The van der Waals surface area contributed by atoms with Crippen molar-refractivity contribution in [2.45, 2.75) is 53.8 Å². The normalized spacial score (nSPS) is 12.0. The molecule has 0 spiro atoms. The molecule has 0 aromatic heterocycles. The zero-order valence-corrected chi connectivity index (χ0v) is 13.2. The minimum atomic E-state index is -0.241. The van der Waals surface area contributed by atoms with Crippen molar-refractivity contribution in [1.29, 1.82) is 0 Å². The molecule has 0 aliphatic rings. The van der Waals surface area contributed by atoms with Gasteiger partial charge in [0.25, 0.3) is 0 Å². The molecule has 0 saturated carbocycles. The third kappa shape index (κ3) is 12.2. The van der Waals surface area contributed by atoms with Crippen molar-refractivity contribution < 1.29 is 14.2 Å². The molecule has 0 rings (SSSR count). The van der Waals surface area contributed by atoms with Crippen LogP contribution in [0.5, 0.6) is 0 Å². The molecule has 0 aromatic rings. The smallest absolute Gasteiger partial charge is 0.180 e. The minimum absolute atomic E-state index is 0.241. The van der Waals surface area contributed by atoms with Gasteiger partial charge in [-0.2, -0.15) is 0 Å². The summed E-state index contributed by atoms with van der Waals surface area (Å²) in [5.74, 6) is 0. The Morgan fingerprint density at radius 1 is 1.00 bits per heavy atom. The molecule has 0 atom stereocenters. The first-order valence-electron chi connectivity index (χ1n) is 7.20. The van der Waals surface area contributed by atoms with Crippen molar-refractivity contribution in [1.82, 2.24) is 0 Å². The lowest BCUT2D eigenvalue weighted by atomic mass is 10.1. The highest BCUT2D eigenvalue weighted by molar-refractivity contribution is 5.02. The zero-order valence-electron chi connectivity index (χ0n) is 13.2. The van der Waals surface area contributed by atoms with Crippen LogP contribution in [0.1, 0.15) is 47.5 Å². The maximum atomic E-state index is 5.56. The van der Waals surface area contributed by atoms with Gasteiger partial charge in [0.05, 0.1) is 13.2 Å². The zero-order chi connectivity index (χ0) is 14.5. The predicted octanol–water partition coefficient (Wildman–Crippen LogP) is 4.09. The summed E-state index contributed by atoms with van der Waals surface area (Å²) < 4.78 is 16.4. The van der Waals surface area contributed by atoms with Crippen molar-refractivity contribution >= 4 is 0 Å². The van der Waals surface area contributed by atoms with Gasteiger partial charge in [0, 0.05) is 13.2 Å². The summed E-state index contributed by atoms with van der Waals surface area (Å²) in [4.78, 5) is 0. The highest BCUT2D eigenvalue weighted by atomic mass is 16.7. The van der Waals surface area contributed by atoms with Crippen molar-refractivity contribution in [2.75, 3.05) is 26.4 Å². The van der Waals surface area contributed by atoms with Gasteiger partial charge in [0.15, 0.2) is 6.29 Å². The number of allylic oxidation sites excluding steroid dienone is 3. The van der Waals surface area contributed by atoms with Gasteiger partial charge >= 0.3 is 0 Å².